The van der Waals surface area contributed by atoms with Crippen molar-refractivity contribution in [2.24, 2.45) is 5.92 Å². The second kappa shape index (κ2) is 8.23. The third-order valence-electron chi connectivity index (χ3n) is 7.04. The van der Waals surface area contributed by atoms with Crippen LogP contribution in [-0.4, -0.2) is 33.5 Å². The van der Waals surface area contributed by atoms with Crippen molar-refractivity contribution in [3.05, 3.63) is 65.5 Å². The van der Waals surface area contributed by atoms with Gasteiger partial charge in [0.2, 0.25) is 5.91 Å². The molecule has 7 heteroatoms. The zero-order valence-corrected chi connectivity index (χ0v) is 19.2. The third kappa shape index (κ3) is 3.76. The van der Waals surface area contributed by atoms with E-state index >= 15 is 0 Å². The molecule has 0 saturated carbocycles. The molecule has 1 amide bonds. The lowest BCUT2D eigenvalue weighted by Crippen LogP contribution is -2.33. The first kappa shape index (κ1) is 21.5. The lowest BCUT2D eigenvalue weighted by molar-refractivity contribution is -0.122. The number of aromatic nitrogens is 3. The Bertz CT molecular complexity index is 1220. The molecule has 0 N–H and O–H groups in total. The summed E-state index contributed by atoms with van der Waals surface area (Å²) in [5.41, 5.74) is 3.96. The van der Waals surface area contributed by atoms with Crippen LogP contribution >= 0.6 is 0 Å². The van der Waals surface area contributed by atoms with Gasteiger partial charge in [0, 0.05) is 49.3 Å². The first-order valence-electron chi connectivity index (χ1n) is 11.5. The van der Waals surface area contributed by atoms with Gasteiger partial charge in [-0.15, -0.1) is 0 Å². The number of ketones is 1. The Hall–Kier alpha value is -3.32. The van der Waals surface area contributed by atoms with Gasteiger partial charge in [-0.25, -0.2) is 4.68 Å². The molecule has 170 valence electrons. The van der Waals surface area contributed by atoms with Crippen LogP contribution in [0.1, 0.15) is 54.7 Å². The van der Waals surface area contributed by atoms with Gasteiger partial charge in [0.25, 0.3) is 0 Å². The topological polar surface area (TPSA) is 77.3 Å². The van der Waals surface area contributed by atoms with Gasteiger partial charge in [0.15, 0.2) is 5.78 Å². The zero-order valence-electron chi connectivity index (χ0n) is 19.2. The predicted octanol–water partition coefficient (Wildman–Crippen LogP) is 4.36. The molecule has 1 aromatic carbocycles. The van der Waals surface area contributed by atoms with Gasteiger partial charge in [-0.3, -0.25) is 19.5 Å². The average Bonchev–Trinajstić information content (AvgIpc) is 3.40. The number of benzene rings is 1. The van der Waals surface area contributed by atoms with Crippen LogP contribution in [0.25, 0.3) is 11.3 Å². The van der Waals surface area contributed by atoms with Gasteiger partial charge in [-0.1, -0.05) is 37.3 Å². The highest BCUT2D eigenvalue weighted by molar-refractivity contribution is 6.01. The van der Waals surface area contributed by atoms with Gasteiger partial charge >= 0.3 is 0 Å². The van der Waals surface area contributed by atoms with E-state index in [2.05, 4.69) is 18.8 Å². The number of ether oxygens (including phenoxy) is 1. The zero-order chi connectivity index (χ0) is 23.2. The monoisotopic (exact) mass is 444 g/mol. The number of carbonyl (C=O) groups excluding carboxylic acids is 2. The maximum absolute atomic E-state index is 13.2. The number of pyridine rings is 1. The van der Waals surface area contributed by atoms with E-state index in [9.17, 15) is 9.59 Å². The first-order valence-corrected chi connectivity index (χ1v) is 11.5. The van der Waals surface area contributed by atoms with Crippen molar-refractivity contribution in [3.63, 3.8) is 0 Å². The molecule has 33 heavy (non-hydrogen) atoms. The summed E-state index contributed by atoms with van der Waals surface area (Å²) in [6.45, 7) is 5.19. The average molecular weight is 445 g/mol. The van der Waals surface area contributed by atoms with Crippen molar-refractivity contribution < 1.29 is 14.3 Å². The lowest BCUT2D eigenvalue weighted by atomic mass is 9.92. The Balaban J connectivity index is 1.33. The molecule has 3 aromatic rings. The van der Waals surface area contributed by atoms with Gasteiger partial charge < -0.3 is 4.74 Å². The van der Waals surface area contributed by atoms with Crippen molar-refractivity contribution >= 4 is 17.5 Å². The highest BCUT2D eigenvalue weighted by atomic mass is 16.5. The van der Waals surface area contributed by atoms with E-state index in [0.29, 0.717) is 25.3 Å². The minimum atomic E-state index is -0.406. The minimum absolute atomic E-state index is 0.0651. The summed E-state index contributed by atoms with van der Waals surface area (Å²) < 4.78 is 7.80. The Labute approximate surface area is 193 Å². The molecule has 4 heterocycles. The molecule has 7 nitrogen and oxygen atoms in total. The van der Waals surface area contributed by atoms with Crippen LogP contribution in [0.15, 0.2) is 48.7 Å². The smallest absolute Gasteiger partial charge is 0.231 e. The predicted molar refractivity (Wildman–Crippen MR) is 125 cm³/mol. The number of fused-ring (bicyclic) bond motifs is 2. The van der Waals surface area contributed by atoms with Crippen molar-refractivity contribution in [1.29, 1.82) is 0 Å². The van der Waals surface area contributed by atoms with E-state index in [1.54, 1.807) is 18.1 Å². The molecule has 2 aromatic heterocycles. The number of hydrogen-bond donors (Lipinski definition) is 0. The van der Waals surface area contributed by atoms with E-state index in [0.717, 1.165) is 34.6 Å². The molecule has 0 saturated heterocycles. The SMILES string of the molecule is CC[C@@]1(C)OCc2cc(C(=O)CC3CCn4nc(-c5ccccc5)cc4N(C)C3=O)ncc21. The van der Waals surface area contributed by atoms with E-state index in [1.807, 2.05) is 47.1 Å². The Morgan fingerprint density at radius 3 is 2.79 bits per heavy atom. The number of hydrogen-bond acceptors (Lipinski definition) is 5. The summed E-state index contributed by atoms with van der Waals surface area (Å²) >= 11 is 0. The first-order chi connectivity index (χ1) is 15.9. The van der Waals surface area contributed by atoms with Gasteiger partial charge in [-0.2, -0.15) is 5.10 Å². The molecule has 2 aliphatic heterocycles. The molecule has 0 fully saturated rings. The number of Topliss-reactive ketones (excluding diaryl/α,β-unsaturated/α-hetero) is 1. The molecular formula is C26H28N4O3. The van der Waals surface area contributed by atoms with Crippen LogP contribution in [0.4, 0.5) is 5.82 Å². The van der Waals surface area contributed by atoms with Crippen molar-refractivity contribution in [2.45, 2.75) is 51.9 Å². The lowest BCUT2D eigenvalue weighted by Gasteiger charge is -2.22. The number of amides is 1. The number of anilines is 1. The van der Waals surface area contributed by atoms with Gasteiger partial charge in [-0.05, 0) is 31.4 Å². The van der Waals surface area contributed by atoms with E-state index in [-0.39, 0.29) is 23.7 Å². The summed E-state index contributed by atoms with van der Waals surface area (Å²) in [7, 11) is 1.75. The van der Waals surface area contributed by atoms with Crippen LogP contribution in [0.5, 0.6) is 0 Å². The highest BCUT2D eigenvalue weighted by Gasteiger charge is 2.36. The number of carbonyl (C=O) groups is 2. The van der Waals surface area contributed by atoms with E-state index < -0.39 is 5.92 Å². The standard InChI is InChI=1S/C26H28N4O3/c1-4-26(2)20-15-27-22(12-19(20)16-33-26)23(31)13-18-10-11-30-24(29(3)25(18)32)14-21(28-30)17-8-6-5-7-9-17/h5-9,12,14-15,18H,4,10-11,13,16H2,1-3H3/t18?,26-/m1/s1. The Kier molecular flexibility index (Phi) is 5.37. The second-order valence-electron chi connectivity index (χ2n) is 9.09. The van der Waals surface area contributed by atoms with Crippen molar-refractivity contribution in [1.82, 2.24) is 14.8 Å². The summed E-state index contributed by atoms with van der Waals surface area (Å²) in [5.74, 6) is 0.167. The molecule has 0 bridgehead atoms. The third-order valence-corrected chi connectivity index (χ3v) is 7.04. The van der Waals surface area contributed by atoms with Crippen LogP contribution in [-0.2, 0) is 28.3 Å². The molecule has 2 atom stereocenters. The maximum atomic E-state index is 13.2. The van der Waals surface area contributed by atoms with Crippen LogP contribution in [0.3, 0.4) is 0 Å². The van der Waals surface area contributed by atoms with Crippen molar-refractivity contribution in [3.8, 4) is 11.3 Å². The second-order valence-corrected chi connectivity index (χ2v) is 9.09. The highest BCUT2D eigenvalue weighted by Crippen LogP contribution is 2.38. The molecule has 1 unspecified atom stereocenters. The minimum Gasteiger partial charge on any atom is -0.366 e. The summed E-state index contributed by atoms with van der Waals surface area (Å²) in [6.07, 6.45) is 3.30. The Morgan fingerprint density at radius 2 is 2.03 bits per heavy atom. The fourth-order valence-corrected chi connectivity index (χ4v) is 4.75. The van der Waals surface area contributed by atoms with Crippen LogP contribution in [0, 0.1) is 5.92 Å². The molecule has 0 radical (unpaired) electrons. The van der Waals surface area contributed by atoms with E-state index in [4.69, 9.17) is 9.84 Å². The van der Waals surface area contributed by atoms with Gasteiger partial charge in [0.1, 0.15) is 11.5 Å². The van der Waals surface area contributed by atoms with Gasteiger partial charge in [0.05, 0.1) is 17.9 Å². The fourth-order valence-electron chi connectivity index (χ4n) is 4.75. The summed E-state index contributed by atoms with van der Waals surface area (Å²) in [6, 6.07) is 13.7. The summed E-state index contributed by atoms with van der Waals surface area (Å²) in [4.78, 5) is 32.3. The van der Waals surface area contributed by atoms with Crippen molar-refractivity contribution in [2.75, 3.05) is 11.9 Å². The number of aryl methyl sites for hydroxylation is 1. The molecule has 5 rings (SSSR count). The number of nitrogens with zero attached hydrogens (tertiary/aromatic N) is 4. The quantitative estimate of drug-likeness (QED) is 0.547. The largest absolute Gasteiger partial charge is 0.366 e. The molecule has 2 aliphatic rings. The van der Waals surface area contributed by atoms with E-state index in [1.165, 1.54) is 0 Å². The Morgan fingerprint density at radius 1 is 1.24 bits per heavy atom. The maximum Gasteiger partial charge on any atom is 0.231 e. The fraction of sp³-hybridized carbons (Fsp3) is 0.385. The van der Waals surface area contributed by atoms with Crippen LogP contribution < -0.4 is 4.90 Å². The molecule has 0 spiro atoms. The molecule has 0 aliphatic carbocycles. The molecular weight excluding hydrogens is 416 g/mol. The number of rotatable bonds is 5. The summed E-state index contributed by atoms with van der Waals surface area (Å²) in [5, 5.41) is 4.71. The van der Waals surface area contributed by atoms with Crippen LogP contribution in [0.2, 0.25) is 0 Å². The normalized spacial score (nSPS) is 22.1.